The number of hydrogen-bond acceptors (Lipinski definition) is 4. The Morgan fingerprint density at radius 1 is 0.302 bits per heavy atom. The van der Waals surface area contributed by atoms with Crippen molar-refractivity contribution in [2.24, 2.45) is 0 Å². The van der Waals surface area contributed by atoms with Crippen molar-refractivity contribution in [3.8, 4) is 45.3 Å². The highest BCUT2D eigenvalue weighted by Gasteiger charge is 2.17. The summed E-state index contributed by atoms with van der Waals surface area (Å²) in [5.41, 5.74) is 5.25. The summed E-state index contributed by atoms with van der Waals surface area (Å²) in [4.78, 5) is 15.0. The van der Waals surface area contributed by atoms with Crippen LogP contribution in [-0.4, -0.2) is 15.0 Å². The summed E-state index contributed by atoms with van der Waals surface area (Å²) < 4.78 is 2.67. The molecule has 11 rings (SSSR count). The average Bonchev–Trinajstić information content (AvgIpc) is 3.60. The standard InChI is InChI=1S/C49H29N3S/c1-3-11-31(12-4-1)47-50-48(32-13-5-2-6-14-32)52-49(51-47)41-26-25-36(38-15-7-8-16-39(38)41)33-23-24-37-34(27-33)21-19-30-20-22-35-28-45-43(29-42(35)46(30)37)40-17-9-10-18-44(40)53-45/h1-29H. The molecule has 4 heteroatoms. The molecule has 0 aliphatic rings. The summed E-state index contributed by atoms with van der Waals surface area (Å²) in [6.07, 6.45) is 0. The van der Waals surface area contributed by atoms with Crippen molar-refractivity contribution >= 4 is 74.6 Å². The van der Waals surface area contributed by atoms with Crippen LogP contribution in [0.5, 0.6) is 0 Å². The first-order valence-corrected chi connectivity index (χ1v) is 18.7. The molecule has 0 atom stereocenters. The van der Waals surface area contributed by atoms with E-state index in [1.165, 1.54) is 63.6 Å². The van der Waals surface area contributed by atoms with Crippen molar-refractivity contribution in [3.63, 3.8) is 0 Å². The first kappa shape index (κ1) is 29.9. The molecule has 2 aromatic heterocycles. The van der Waals surface area contributed by atoms with Crippen LogP contribution < -0.4 is 0 Å². The number of rotatable bonds is 4. The molecule has 2 heterocycles. The van der Waals surface area contributed by atoms with E-state index in [4.69, 9.17) is 15.0 Å². The van der Waals surface area contributed by atoms with Crippen LogP contribution in [0, 0.1) is 0 Å². The Bertz CT molecular complexity index is 3160. The Morgan fingerprint density at radius 2 is 0.868 bits per heavy atom. The van der Waals surface area contributed by atoms with E-state index in [9.17, 15) is 0 Å². The minimum atomic E-state index is 0.657. The fraction of sp³-hybridized carbons (Fsp3) is 0. The molecule has 0 radical (unpaired) electrons. The van der Waals surface area contributed by atoms with E-state index >= 15 is 0 Å². The van der Waals surface area contributed by atoms with E-state index in [1.54, 1.807) is 0 Å². The van der Waals surface area contributed by atoms with Crippen molar-refractivity contribution in [2.45, 2.75) is 0 Å². The molecule has 0 saturated carbocycles. The molecule has 246 valence electrons. The first-order chi connectivity index (χ1) is 26.2. The summed E-state index contributed by atoms with van der Waals surface area (Å²) in [5, 5.41) is 12.6. The lowest BCUT2D eigenvalue weighted by Crippen LogP contribution is -2.00. The molecule has 0 unspecified atom stereocenters. The van der Waals surface area contributed by atoms with Gasteiger partial charge < -0.3 is 0 Å². The second-order valence-electron chi connectivity index (χ2n) is 13.6. The normalized spacial score (nSPS) is 11.8. The van der Waals surface area contributed by atoms with Gasteiger partial charge in [0.2, 0.25) is 0 Å². The Balaban J connectivity index is 1.08. The Morgan fingerprint density at radius 3 is 1.58 bits per heavy atom. The molecule has 0 saturated heterocycles. The average molecular weight is 692 g/mol. The third-order valence-electron chi connectivity index (χ3n) is 10.5. The molecule has 0 spiro atoms. The summed E-state index contributed by atoms with van der Waals surface area (Å²) in [5.74, 6) is 1.97. The number of benzene rings is 9. The minimum absolute atomic E-state index is 0.657. The van der Waals surface area contributed by atoms with Crippen LogP contribution in [0.2, 0.25) is 0 Å². The quantitative estimate of drug-likeness (QED) is 0.172. The van der Waals surface area contributed by atoms with Crippen LogP contribution in [0.3, 0.4) is 0 Å². The lowest BCUT2D eigenvalue weighted by Gasteiger charge is -2.14. The van der Waals surface area contributed by atoms with Crippen LogP contribution in [0.15, 0.2) is 176 Å². The Hall–Kier alpha value is -6.75. The van der Waals surface area contributed by atoms with Gasteiger partial charge in [0.1, 0.15) is 0 Å². The van der Waals surface area contributed by atoms with Gasteiger partial charge in [-0.3, -0.25) is 0 Å². The summed E-state index contributed by atoms with van der Waals surface area (Å²) in [6, 6.07) is 62.8. The van der Waals surface area contributed by atoms with Gasteiger partial charge in [0.15, 0.2) is 17.5 Å². The number of nitrogens with zero attached hydrogens (tertiary/aromatic N) is 3. The van der Waals surface area contributed by atoms with Crippen LogP contribution in [0.4, 0.5) is 0 Å². The summed E-state index contributed by atoms with van der Waals surface area (Å²) in [6.45, 7) is 0. The summed E-state index contributed by atoms with van der Waals surface area (Å²) in [7, 11) is 0. The Kier molecular flexibility index (Phi) is 6.73. The smallest absolute Gasteiger partial charge is 0.164 e. The molecule has 3 nitrogen and oxygen atoms in total. The molecule has 53 heavy (non-hydrogen) atoms. The van der Waals surface area contributed by atoms with E-state index in [2.05, 4.69) is 115 Å². The third kappa shape index (κ3) is 4.91. The van der Waals surface area contributed by atoms with Gasteiger partial charge in [-0.15, -0.1) is 11.3 Å². The fourth-order valence-electron chi connectivity index (χ4n) is 7.95. The predicted molar refractivity (Wildman–Crippen MR) is 224 cm³/mol. The highest BCUT2D eigenvalue weighted by Crippen LogP contribution is 2.42. The molecule has 0 bridgehead atoms. The van der Waals surface area contributed by atoms with Gasteiger partial charge in [-0.25, -0.2) is 15.0 Å². The van der Waals surface area contributed by atoms with Crippen molar-refractivity contribution in [1.82, 2.24) is 15.0 Å². The second kappa shape index (κ2) is 11.9. The monoisotopic (exact) mass is 691 g/mol. The van der Waals surface area contributed by atoms with Gasteiger partial charge in [-0.05, 0) is 84.5 Å². The van der Waals surface area contributed by atoms with E-state index in [0.717, 1.165) is 27.5 Å². The summed E-state index contributed by atoms with van der Waals surface area (Å²) >= 11 is 1.87. The molecule has 0 amide bonds. The lowest BCUT2D eigenvalue weighted by atomic mass is 9.91. The van der Waals surface area contributed by atoms with Gasteiger partial charge in [0, 0.05) is 36.9 Å². The number of hydrogen-bond donors (Lipinski definition) is 0. The predicted octanol–water partition coefficient (Wildman–Crippen LogP) is 13.5. The maximum Gasteiger partial charge on any atom is 0.164 e. The lowest BCUT2D eigenvalue weighted by molar-refractivity contribution is 1.08. The molecule has 9 aromatic carbocycles. The van der Waals surface area contributed by atoms with Crippen LogP contribution in [-0.2, 0) is 0 Å². The van der Waals surface area contributed by atoms with Crippen molar-refractivity contribution in [1.29, 1.82) is 0 Å². The van der Waals surface area contributed by atoms with Crippen LogP contribution in [0.1, 0.15) is 0 Å². The van der Waals surface area contributed by atoms with Crippen LogP contribution >= 0.6 is 11.3 Å². The molecule has 0 N–H and O–H groups in total. The zero-order valence-corrected chi connectivity index (χ0v) is 29.3. The van der Waals surface area contributed by atoms with Crippen molar-refractivity contribution in [2.75, 3.05) is 0 Å². The van der Waals surface area contributed by atoms with Gasteiger partial charge in [-0.1, -0.05) is 146 Å². The van der Waals surface area contributed by atoms with Gasteiger partial charge >= 0.3 is 0 Å². The molecule has 0 aliphatic carbocycles. The third-order valence-corrected chi connectivity index (χ3v) is 11.6. The van der Waals surface area contributed by atoms with Gasteiger partial charge in [0.05, 0.1) is 0 Å². The SMILES string of the molecule is c1ccc(-c2nc(-c3ccccc3)nc(-c3ccc(-c4ccc5c(ccc6ccc7cc8sc9ccccc9c8cc7c65)c4)c4ccccc34)n2)cc1. The largest absolute Gasteiger partial charge is 0.208 e. The maximum atomic E-state index is 5.06. The Labute approximate surface area is 309 Å². The molecule has 11 aromatic rings. The second-order valence-corrected chi connectivity index (χ2v) is 14.7. The minimum Gasteiger partial charge on any atom is -0.208 e. The van der Waals surface area contributed by atoms with Crippen LogP contribution in [0.25, 0.3) is 109 Å². The topological polar surface area (TPSA) is 38.7 Å². The zero-order valence-electron chi connectivity index (χ0n) is 28.5. The van der Waals surface area contributed by atoms with Crippen molar-refractivity contribution < 1.29 is 0 Å². The maximum absolute atomic E-state index is 5.06. The number of aromatic nitrogens is 3. The van der Waals surface area contributed by atoms with E-state index in [1.807, 2.05) is 72.0 Å². The first-order valence-electron chi connectivity index (χ1n) is 17.9. The number of thiophene rings is 1. The van der Waals surface area contributed by atoms with Gasteiger partial charge in [-0.2, -0.15) is 0 Å². The van der Waals surface area contributed by atoms with E-state index in [0.29, 0.717) is 17.5 Å². The van der Waals surface area contributed by atoms with Gasteiger partial charge in [0.25, 0.3) is 0 Å². The van der Waals surface area contributed by atoms with E-state index < -0.39 is 0 Å². The fourth-order valence-corrected chi connectivity index (χ4v) is 9.09. The zero-order chi connectivity index (χ0) is 34.9. The molecular formula is C49H29N3S. The number of fused-ring (bicyclic) bond motifs is 9. The van der Waals surface area contributed by atoms with Crippen molar-refractivity contribution in [3.05, 3.63) is 176 Å². The molecule has 0 aliphatic heterocycles. The molecule has 0 fully saturated rings. The van der Waals surface area contributed by atoms with E-state index in [-0.39, 0.29) is 0 Å². The highest BCUT2D eigenvalue weighted by molar-refractivity contribution is 7.25. The highest BCUT2D eigenvalue weighted by atomic mass is 32.1. The molecular weight excluding hydrogens is 663 g/mol.